The molecule has 11 heavy (non-hydrogen) atoms. The molecule has 0 amide bonds. The number of hydrogen-bond donors (Lipinski definition) is 0. The molecule has 0 nitrogen and oxygen atoms in total. The molecule has 0 fully saturated rings. The van der Waals surface area contributed by atoms with Crippen molar-refractivity contribution in [3.05, 3.63) is 35.9 Å². The van der Waals surface area contributed by atoms with Crippen LogP contribution in [0.3, 0.4) is 0 Å². The average Bonchev–Trinajstić information content (AvgIpc) is 2.05. The molecule has 1 aromatic carbocycles. The Bertz CT molecular complexity index is 203. The predicted octanol–water partition coefficient (Wildman–Crippen LogP) is 3.62. The van der Waals surface area contributed by atoms with Gasteiger partial charge in [0.2, 0.25) is 0 Å². The summed E-state index contributed by atoms with van der Waals surface area (Å²) in [4.78, 5) is 0. The third-order valence-corrected chi connectivity index (χ3v) is 2.46. The summed E-state index contributed by atoms with van der Waals surface area (Å²) in [6.07, 6.45) is 0. The van der Waals surface area contributed by atoms with Crippen molar-refractivity contribution in [2.24, 2.45) is 5.92 Å². The van der Waals surface area contributed by atoms with E-state index in [-0.39, 0.29) is 5.38 Å². The zero-order chi connectivity index (χ0) is 8.27. The standard InChI is InChI=1S/C10H13Cl/c1-8(2)10(11)9-6-4-3-5-7-9/h3-8,10H,1-2H3/t10-/m0/s1. The summed E-state index contributed by atoms with van der Waals surface area (Å²) in [5, 5.41) is 0.149. The topological polar surface area (TPSA) is 0 Å². The molecule has 0 bridgehead atoms. The average molecular weight is 169 g/mol. The minimum absolute atomic E-state index is 0.149. The van der Waals surface area contributed by atoms with E-state index in [1.54, 1.807) is 0 Å². The molecule has 1 heteroatoms. The van der Waals surface area contributed by atoms with E-state index in [0.29, 0.717) is 5.92 Å². The molecule has 0 heterocycles. The van der Waals surface area contributed by atoms with E-state index >= 15 is 0 Å². The quantitative estimate of drug-likeness (QED) is 0.592. The maximum atomic E-state index is 6.14. The van der Waals surface area contributed by atoms with Gasteiger partial charge in [0.15, 0.2) is 0 Å². The number of rotatable bonds is 2. The molecule has 60 valence electrons. The van der Waals surface area contributed by atoms with Crippen LogP contribution in [0.5, 0.6) is 0 Å². The van der Waals surface area contributed by atoms with Crippen molar-refractivity contribution in [2.75, 3.05) is 0 Å². The highest BCUT2D eigenvalue weighted by Crippen LogP contribution is 2.27. The van der Waals surface area contributed by atoms with Gasteiger partial charge in [0.1, 0.15) is 0 Å². The van der Waals surface area contributed by atoms with Crippen molar-refractivity contribution in [3.8, 4) is 0 Å². The van der Waals surface area contributed by atoms with Crippen LogP contribution in [-0.4, -0.2) is 0 Å². The van der Waals surface area contributed by atoms with E-state index < -0.39 is 0 Å². The van der Waals surface area contributed by atoms with Crippen LogP contribution in [0.2, 0.25) is 0 Å². The van der Waals surface area contributed by atoms with Crippen molar-refractivity contribution in [3.63, 3.8) is 0 Å². The van der Waals surface area contributed by atoms with E-state index in [2.05, 4.69) is 26.0 Å². The molecule has 0 unspecified atom stereocenters. The normalized spacial score (nSPS) is 13.5. The molecule has 0 N–H and O–H groups in total. The molecule has 0 radical (unpaired) electrons. The monoisotopic (exact) mass is 168 g/mol. The van der Waals surface area contributed by atoms with E-state index in [1.165, 1.54) is 5.56 Å². The maximum absolute atomic E-state index is 6.14. The Balaban J connectivity index is 2.77. The second-order valence-electron chi connectivity index (χ2n) is 3.06. The molecule has 1 aromatic rings. The highest BCUT2D eigenvalue weighted by Gasteiger charge is 2.10. The van der Waals surface area contributed by atoms with Gasteiger partial charge < -0.3 is 0 Å². The van der Waals surface area contributed by atoms with Crippen LogP contribution < -0.4 is 0 Å². The Morgan fingerprint density at radius 3 is 2.09 bits per heavy atom. The number of hydrogen-bond acceptors (Lipinski definition) is 0. The van der Waals surface area contributed by atoms with Gasteiger partial charge in [0.05, 0.1) is 5.38 Å². The minimum Gasteiger partial charge on any atom is -0.118 e. The SMILES string of the molecule is CC(C)[C@H](Cl)c1ccccc1. The van der Waals surface area contributed by atoms with Gasteiger partial charge in [-0.3, -0.25) is 0 Å². The lowest BCUT2D eigenvalue weighted by Crippen LogP contribution is -1.98. The molecular weight excluding hydrogens is 156 g/mol. The fourth-order valence-electron chi connectivity index (χ4n) is 1.02. The smallest absolute Gasteiger partial charge is 0.0608 e. The second kappa shape index (κ2) is 3.77. The first-order valence-electron chi connectivity index (χ1n) is 3.91. The first-order valence-corrected chi connectivity index (χ1v) is 4.34. The van der Waals surface area contributed by atoms with Gasteiger partial charge in [-0.1, -0.05) is 44.2 Å². The maximum Gasteiger partial charge on any atom is 0.0608 e. The molecule has 0 aliphatic rings. The third-order valence-electron chi connectivity index (χ3n) is 1.70. The first-order chi connectivity index (χ1) is 5.22. The summed E-state index contributed by atoms with van der Waals surface area (Å²) in [5.74, 6) is 0.499. The van der Waals surface area contributed by atoms with Gasteiger partial charge >= 0.3 is 0 Å². The minimum atomic E-state index is 0.149. The highest BCUT2D eigenvalue weighted by molar-refractivity contribution is 6.20. The summed E-state index contributed by atoms with van der Waals surface area (Å²) in [7, 11) is 0. The summed E-state index contributed by atoms with van der Waals surface area (Å²) < 4.78 is 0. The van der Waals surface area contributed by atoms with Crippen LogP contribution >= 0.6 is 11.6 Å². The molecule has 0 saturated carbocycles. The molecule has 1 rings (SSSR count). The van der Waals surface area contributed by atoms with Crippen LogP contribution in [0.15, 0.2) is 30.3 Å². The van der Waals surface area contributed by atoms with Crippen LogP contribution in [0, 0.1) is 5.92 Å². The molecule has 1 atom stereocenters. The fraction of sp³-hybridized carbons (Fsp3) is 0.400. The summed E-state index contributed by atoms with van der Waals surface area (Å²) in [6, 6.07) is 10.2. The number of halogens is 1. The Kier molecular flexibility index (Phi) is 2.95. The second-order valence-corrected chi connectivity index (χ2v) is 3.53. The molecule has 0 aromatic heterocycles. The van der Waals surface area contributed by atoms with Gasteiger partial charge in [-0.15, -0.1) is 11.6 Å². The van der Waals surface area contributed by atoms with Gasteiger partial charge in [-0.05, 0) is 11.5 Å². The lowest BCUT2D eigenvalue weighted by molar-refractivity contribution is 0.624. The van der Waals surface area contributed by atoms with Crippen molar-refractivity contribution in [2.45, 2.75) is 19.2 Å². The Morgan fingerprint density at radius 1 is 1.09 bits per heavy atom. The Morgan fingerprint density at radius 2 is 1.64 bits per heavy atom. The van der Waals surface area contributed by atoms with Crippen LogP contribution in [0.4, 0.5) is 0 Å². The van der Waals surface area contributed by atoms with Gasteiger partial charge in [-0.2, -0.15) is 0 Å². The van der Waals surface area contributed by atoms with Crippen LogP contribution in [-0.2, 0) is 0 Å². The van der Waals surface area contributed by atoms with E-state index in [0.717, 1.165) is 0 Å². The lowest BCUT2D eigenvalue weighted by atomic mass is 10.0. The highest BCUT2D eigenvalue weighted by atomic mass is 35.5. The molecule has 0 aliphatic heterocycles. The van der Waals surface area contributed by atoms with Gasteiger partial charge in [-0.25, -0.2) is 0 Å². The molecule has 0 saturated heterocycles. The summed E-state index contributed by atoms with van der Waals surface area (Å²) in [5.41, 5.74) is 1.21. The summed E-state index contributed by atoms with van der Waals surface area (Å²) >= 11 is 6.14. The first kappa shape index (κ1) is 8.61. The van der Waals surface area contributed by atoms with E-state index in [1.807, 2.05) is 18.2 Å². The summed E-state index contributed by atoms with van der Waals surface area (Å²) in [6.45, 7) is 4.26. The van der Waals surface area contributed by atoms with Gasteiger partial charge in [0, 0.05) is 0 Å². The van der Waals surface area contributed by atoms with E-state index in [4.69, 9.17) is 11.6 Å². The third kappa shape index (κ3) is 2.23. The van der Waals surface area contributed by atoms with Crippen LogP contribution in [0.1, 0.15) is 24.8 Å². The van der Waals surface area contributed by atoms with Crippen molar-refractivity contribution in [1.29, 1.82) is 0 Å². The number of alkyl halides is 1. The fourth-order valence-corrected chi connectivity index (χ4v) is 1.17. The molecular formula is C10H13Cl. The zero-order valence-corrected chi connectivity index (χ0v) is 7.68. The largest absolute Gasteiger partial charge is 0.118 e. The zero-order valence-electron chi connectivity index (χ0n) is 6.92. The number of benzene rings is 1. The van der Waals surface area contributed by atoms with Crippen molar-refractivity contribution < 1.29 is 0 Å². The molecule has 0 spiro atoms. The Labute approximate surface area is 73.2 Å². The predicted molar refractivity (Wildman–Crippen MR) is 49.9 cm³/mol. The lowest BCUT2D eigenvalue weighted by Gasteiger charge is -2.12. The van der Waals surface area contributed by atoms with Gasteiger partial charge in [0.25, 0.3) is 0 Å². The van der Waals surface area contributed by atoms with E-state index in [9.17, 15) is 0 Å². The van der Waals surface area contributed by atoms with Crippen molar-refractivity contribution >= 4 is 11.6 Å². The molecule has 0 aliphatic carbocycles. The van der Waals surface area contributed by atoms with Crippen molar-refractivity contribution in [1.82, 2.24) is 0 Å². The Hall–Kier alpha value is -0.490. The van der Waals surface area contributed by atoms with Crippen LogP contribution in [0.25, 0.3) is 0 Å².